The van der Waals surface area contributed by atoms with Crippen LogP contribution < -0.4 is 10.1 Å². The van der Waals surface area contributed by atoms with Crippen LogP contribution in [0.25, 0.3) is 11.1 Å². The molecule has 0 saturated carbocycles. The van der Waals surface area contributed by atoms with E-state index in [4.69, 9.17) is 16.3 Å². The van der Waals surface area contributed by atoms with E-state index >= 15 is 0 Å². The fourth-order valence-electron chi connectivity index (χ4n) is 2.14. The Morgan fingerprint density at radius 3 is 2.58 bits per heavy atom. The number of aryl methyl sites for hydroxylation is 1. The molecule has 0 aromatic heterocycles. The van der Waals surface area contributed by atoms with E-state index in [1.54, 1.807) is 7.11 Å². The smallest absolute Gasteiger partial charge is 0.137 e. The minimum atomic E-state index is 0.636. The highest BCUT2D eigenvalue weighted by Crippen LogP contribution is 2.32. The molecular weight excluding hydrogens is 258 g/mol. The van der Waals surface area contributed by atoms with Gasteiger partial charge in [-0.2, -0.15) is 0 Å². The van der Waals surface area contributed by atoms with Gasteiger partial charge in [0.1, 0.15) is 5.75 Å². The van der Waals surface area contributed by atoms with E-state index in [1.165, 1.54) is 16.7 Å². The van der Waals surface area contributed by atoms with Gasteiger partial charge in [-0.25, -0.2) is 0 Å². The van der Waals surface area contributed by atoms with Gasteiger partial charge in [0, 0.05) is 6.54 Å². The van der Waals surface area contributed by atoms with E-state index in [-0.39, 0.29) is 0 Å². The predicted octanol–water partition coefficient (Wildman–Crippen LogP) is 4.04. The summed E-state index contributed by atoms with van der Waals surface area (Å²) in [5.41, 5.74) is 4.81. The van der Waals surface area contributed by atoms with Crippen molar-refractivity contribution in [2.45, 2.75) is 13.5 Å². The number of hydrogen-bond donors (Lipinski definition) is 1. The molecule has 0 amide bonds. The summed E-state index contributed by atoms with van der Waals surface area (Å²) in [7, 11) is 3.57. The summed E-state index contributed by atoms with van der Waals surface area (Å²) in [5.74, 6) is 0.702. The second-order valence-electron chi connectivity index (χ2n) is 4.54. The van der Waals surface area contributed by atoms with Crippen molar-refractivity contribution in [3.8, 4) is 16.9 Å². The van der Waals surface area contributed by atoms with Gasteiger partial charge in [-0.15, -0.1) is 0 Å². The first-order valence-corrected chi connectivity index (χ1v) is 6.61. The Bertz CT molecular complexity index is 581. The maximum atomic E-state index is 6.21. The highest BCUT2D eigenvalue weighted by Gasteiger charge is 2.08. The normalized spacial score (nSPS) is 10.5. The van der Waals surface area contributed by atoms with Crippen molar-refractivity contribution >= 4 is 11.6 Å². The molecule has 2 rings (SSSR count). The van der Waals surface area contributed by atoms with Crippen molar-refractivity contribution in [1.29, 1.82) is 0 Å². The first-order chi connectivity index (χ1) is 9.15. The lowest BCUT2D eigenvalue weighted by atomic mass is 9.97. The van der Waals surface area contributed by atoms with Gasteiger partial charge in [-0.05, 0) is 42.8 Å². The summed E-state index contributed by atoms with van der Waals surface area (Å²) in [6.45, 7) is 2.93. The summed E-state index contributed by atoms with van der Waals surface area (Å²) in [6, 6.07) is 12.4. The maximum Gasteiger partial charge on any atom is 0.137 e. The Labute approximate surface area is 119 Å². The molecule has 0 aliphatic carbocycles. The van der Waals surface area contributed by atoms with Gasteiger partial charge in [0.2, 0.25) is 0 Å². The Morgan fingerprint density at radius 1 is 1.16 bits per heavy atom. The number of rotatable bonds is 4. The lowest BCUT2D eigenvalue weighted by Gasteiger charge is -2.12. The number of benzene rings is 2. The molecule has 0 radical (unpaired) electrons. The van der Waals surface area contributed by atoms with Crippen LogP contribution in [0.5, 0.6) is 5.75 Å². The Balaban J connectivity index is 2.51. The topological polar surface area (TPSA) is 21.3 Å². The molecule has 3 heteroatoms. The lowest BCUT2D eigenvalue weighted by molar-refractivity contribution is 0.415. The van der Waals surface area contributed by atoms with Crippen LogP contribution in [0.4, 0.5) is 0 Å². The van der Waals surface area contributed by atoms with Crippen LogP contribution in [0.15, 0.2) is 36.4 Å². The second kappa shape index (κ2) is 6.09. The van der Waals surface area contributed by atoms with Crippen LogP contribution in [0.2, 0.25) is 5.02 Å². The Hall–Kier alpha value is -1.51. The molecule has 100 valence electrons. The van der Waals surface area contributed by atoms with Gasteiger partial charge in [-0.1, -0.05) is 41.4 Å². The zero-order chi connectivity index (χ0) is 13.8. The standard InChI is InChI=1S/C16H18ClNO/c1-11-4-5-13(10-18-2)14(8-11)12-6-7-16(19-3)15(17)9-12/h4-9,18H,10H2,1-3H3. The third-order valence-electron chi connectivity index (χ3n) is 3.10. The van der Waals surface area contributed by atoms with Crippen molar-refractivity contribution in [3.05, 3.63) is 52.5 Å². The van der Waals surface area contributed by atoms with E-state index in [2.05, 4.69) is 30.4 Å². The van der Waals surface area contributed by atoms with Gasteiger partial charge in [0.15, 0.2) is 0 Å². The van der Waals surface area contributed by atoms with Gasteiger partial charge in [0.05, 0.1) is 12.1 Å². The zero-order valence-corrected chi connectivity index (χ0v) is 12.2. The van der Waals surface area contributed by atoms with Crippen molar-refractivity contribution in [1.82, 2.24) is 5.32 Å². The molecule has 0 saturated heterocycles. The molecule has 0 aliphatic heterocycles. The van der Waals surface area contributed by atoms with Gasteiger partial charge in [-0.3, -0.25) is 0 Å². The maximum absolute atomic E-state index is 6.21. The Morgan fingerprint density at radius 2 is 1.95 bits per heavy atom. The first kappa shape index (κ1) is 13.9. The summed E-state index contributed by atoms with van der Waals surface area (Å²) in [5, 5.41) is 3.83. The molecule has 2 nitrogen and oxygen atoms in total. The molecular formula is C16H18ClNO. The monoisotopic (exact) mass is 275 g/mol. The van der Waals surface area contributed by atoms with Gasteiger partial charge in [0.25, 0.3) is 0 Å². The third kappa shape index (κ3) is 3.09. The molecule has 19 heavy (non-hydrogen) atoms. The molecule has 1 N–H and O–H groups in total. The fourth-order valence-corrected chi connectivity index (χ4v) is 2.40. The molecule has 0 unspecified atom stereocenters. The summed E-state index contributed by atoms with van der Waals surface area (Å²) >= 11 is 6.21. The number of hydrogen-bond acceptors (Lipinski definition) is 2. The third-order valence-corrected chi connectivity index (χ3v) is 3.39. The van der Waals surface area contributed by atoms with Gasteiger partial charge < -0.3 is 10.1 Å². The number of nitrogens with one attached hydrogen (secondary N) is 1. The van der Waals surface area contributed by atoms with Crippen LogP contribution in [0, 0.1) is 6.92 Å². The van der Waals surface area contributed by atoms with Crippen molar-refractivity contribution in [3.63, 3.8) is 0 Å². The molecule has 2 aromatic carbocycles. The van der Waals surface area contributed by atoms with E-state index in [0.717, 1.165) is 12.1 Å². The molecule has 0 fully saturated rings. The minimum absolute atomic E-state index is 0.636. The fraction of sp³-hybridized carbons (Fsp3) is 0.250. The zero-order valence-electron chi connectivity index (χ0n) is 11.5. The van der Waals surface area contributed by atoms with Crippen molar-refractivity contribution in [2.24, 2.45) is 0 Å². The van der Waals surface area contributed by atoms with Crippen molar-refractivity contribution < 1.29 is 4.74 Å². The highest BCUT2D eigenvalue weighted by atomic mass is 35.5. The lowest BCUT2D eigenvalue weighted by Crippen LogP contribution is -2.06. The SMILES string of the molecule is CNCc1ccc(C)cc1-c1ccc(OC)c(Cl)c1. The summed E-state index contributed by atoms with van der Waals surface area (Å²) in [4.78, 5) is 0. The van der Waals surface area contributed by atoms with E-state index in [0.29, 0.717) is 10.8 Å². The second-order valence-corrected chi connectivity index (χ2v) is 4.95. The summed E-state index contributed by atoms with van der Waals surface area (Å²) in [6.07, 6.45) is 0. The van der Waals surface area contributed by atoms with Gasteiger partial charge >= 0.3 is 0 Å². The van der Waals surface area contributed by atoms with Crippen LogP contribution in [-0.2, 0) is 6.54 Å². The van der Waals surface area contributed by atoms with E-state index < -0.39 is 0 Å². The van der Waals surface area contributed by atoms with Crippen LogP contribution in [-0.4, -0.2) is 14.2 Å². The quantitative estimate of drug-likeness (QED) is 0.909. The molecule has 0 heterocycles. The largest absolute Gasteiger partial charge is 0.495 e. The van der Waals surface area contributed by atoms with Crippen molar-refractivity contribution in [2.75, 3.05) is 14.2 Å². The highest BCUT2D eigenvalue weighted by molar-refractivity contribution is 6.32. The van der Waals surface area contributed by atoms with E-state index in [9.17, 15) is 0 Å². The van der Waals surface area contributed by atoms with Crippen LogP contribution in [0.3, 0.4) is 0 Å². The average molecular weight is 276 g/mol. The predicted molar refractivity (Wildman–Crippen MR) is 80.9 cm³/mol. The molecule has 0 spiro atoms. The number of halogens is 1. The number of methoxy groups -OCH3 is 1. The molecule has 0 aliphatic rings. The van der Waals surface area contributed by atoms with Crippen LogP contribution >= 0.6 is 11.6 Å². The minimum Gasteiger partial charge on any atom is -0.495 e. The molecule has 0 atom stereocenters. The summed E-state index contributed by atoms with van der Waals surface area (Å²) < 4.78 is 5.19. The molecule has 2 aromatic rings. The first-order valence-electron chi connectivity index (χ1n) is 6.23. The molecule has 0 bridgehead atoms. The van der Waals surface area contributed by atoms with E-state index in [1.807, 2.05) is 25.2 Å². The Kier molecular flexibility index (Phi) is 4.46. The van der Waals surface area contributed by atoms with Crippen LogP contribution in [0.1, 0.15) is 11.1 Å². The average Bonchev–Trinajstić information content (AvgIpc) is 2.41. The number of ether oxygens (including phenoxy) is 1.